The van der Waals surface area contributed by atoms with Gasteiger partial charge in [0.05, 0.1) is 50.7 Å². The Morgan fingerprint density at radius 2 is 1.17 bits per heavy atom. The van der Waals surface area contributed by atoms with E-state index in [9.17, 15) is 10.2 Å². The highest BCUT2D eigenvalue weighted by Crippen LogP contribution is 2.27. The molecule has 3 N–H and O–H groups in total. The van der Waals surface area contributed by atoms with E-state index in [0.29, 0.717) is 26.4 Å². The van der Waals surface area contributed by atoms with Crippen LogP contribution in [-0.2, 0) is 34.0 Å². The van der Waals surface area contributed by atoms with E-state index in [2.05, 4.69) is 5.32 Å². The average molecular weight is 492 g/mol. The van der Waals surface area contributed by atoms with Crippen LogP contribution in [0, 0.1) is 0 Å². The second-order valence-corrected chi connectivity index (χ2v) is 9.47. The van der Waals surface area contributed by atoms with E-state index < -0.39 is 24.4 Å². The molecule has 36 heavy (non-hydrogen) atoms. The summed E-state index contributed by atoms with van der Waals surface area (Å²) in [6.45, 7) is 3.39. The molecule has 4 rings (SSSR count). The van der Waals surface area contributed by atoms with Crippen molar-refractivity contribution in [3.63, 3.8) is 0 Å². The largest absolute Gasteiger partial charge is 0.393 e. The lowest BCUT2D eigenvalue weighted by Crippen LogP contribution is -2.46. The minimum Gasteiger partial charge on any atom is -0.393 e. The Morgan fingerprint density at radius 1 is 0.694 bits per heavy atom. The summed E-state index contributed by atoms with van der Waals surface area (Å²) in [5.74, 6) is 0. The maximum atomic E-state index is 11.0. The summed E-state index contributed by atoms with van der Waals surface area (Å²) in [5.41, 5.74) is 3.21. The van der Waals surface area contributed by atoms with E-state index in [0.717, 1.165) is 16.7 Å². The molecular formula is C30H37NO5. The predicted molar refractivity (Wildman–Crippen MR) is 139 cm³/mol. The molecule has 0 radical (unpaired) electrons. The van der Waals surface area contributed by atoms with Crippen LogP contribution >= 0.6 is 0 Å². The van der Waals surface area contributed by atoms with Crippen LogP contribution in [0.5, 0.6) is 0 Å². The second kappa shape index (κ2) is 13.7. The van der Waals surface area contributed by atoms with Crippen molar-refractivity contribution in [1.82, 2.24) is 5.32 Å². The maximum Gasteiger partial charge on any atom is 0.103 e. The third-order valence-corrected chi connectivity index (χ3v) is 6.46. The summed E-state index contributed by atoms with van der Waals surface area (Å²) in [5, 5.41) is 24.5. The number of aliphatic hydroxyl groups is 2. The van der Waals surface area contributed by atoms with Crippen LogP contribution in [0.2, 0.25) is 0 Å². The number of benzene rings is 3. The fraction of sp³-hybridized carbons (Fsp3) is 0.400. The first-order chi connectivity index (χ1) is 17.6. The zero-order chi connectivity index (χ0) is 25.2. The van der Waals surface area contributed by atoms with E-state index in [1.54, 1.807) is 6.92 Å². The summed E-state index contributed by atoms with van der Waals surface area (Å²) < 4.78 is 18.9. The number of hydrogen-bond donors (Lipinski definition) is 3. The Hall–Kier alpha value is -2.58. The Bertz CT molecular complexity index is 1000. The summed E-state index contributed by atoms with van der Waals surface area (Å²) in [6, 6.07) is 29.4. The van der Waals surface area contributed by atoms with Crippen molar-refractivity contribution in [2.24, 2.45) is 0 Å². The third kappa shape index (κ3) is 7.71. The Morgan fingerprint density at radius 3 is 1.67 bits per heavy atom. The van der Waals surface area contributed by atoms with Gasteiger partial charge in [0, 0.05) is 6.42 Å². The van der Waals surface area contributed by atoms with Crippen LogP contribution in [0.3, 0.4) is 0 Å². The minimum atomic E-state index is -0.798. The average Bonchev–Trinajstić information content (AvgIpc) is 3.25. The number of rotatable bonds is 13. The molecule has 6 nitrogen and oxygen atoms in total. The molecule has 1 heterocycles. The third-order valence-electron chi connectivity index (χ3n) is 6.46. The number of hydrogen-bond acceptors (Lipinski definition) is 6. The van der Waals surface area contributed by atoms with Gasteiger partial charge in [0.15, 0.2) is 0 Å². The fourth-order valence-electron chi connectivity index (χ4n) is 4.66. The molecule has 3 aromatic carbocycles. The molecule has 1 saturated heterocycles. The van der Waals surface area contributed by atoms with Crippen LogP contribution in [0.15, 0.2) is 91.0 Å². The van der Waals surface area contributed by atoms with E-state index in [1.807, 2.05) is 91.0 Å². The van der Waals surface area contributed by atoms with Gasteiger partial charge in [0.1, 0.15) is 12.2 Å². The van der Waals surface area contributed by atoms with Crippen molar-refractivity contribution in [2.45, 2.75) is 69.7 Å². The van der Waals surface area contributed by atoms with Crippen LogP contribution in [0.1, 0.15) is 30.0 Å². The van der Waals surface area contributed by atoms with Gasteiger partial charge in [-0.2, -0.15) is 0 Å². The molecule has 0 amide bonds. The Labute approximate surface area is 213 Å². The SMILES string of the molecule is C[C@@H](O)C[C@@H](O)[C@H]1N[C@H](COCc2ccccc2)[C@@H](OCc2ccccc2)[C@H]1OCc1ccccc1. The topological polar surface area (TPSA) is 80.2 Å². The monoisotopic (exact) mass is 491 g/mol. The Balaban J connectivity index is 1.50. The van der Waals surface area contributed by atoms with E-state index in [1.165, 1.54) is 0 Å². The highest BCUT2D eigenvalue weighted by molar-refractivity contribution is 5.16. The van der Waals surface area contributed by atoms with Crippen molar-refractivity contribution < 1.29 is 24.4 Å². The van der Waals surface area contributed by atoms with Crippen molar-refractivity contribution >= 4 is 0 Å². The lowest BCUT2D eigenvalue weighted by molar-refractivity contribution is -0.0967. The summed E-state index contributed by atoms with van der Waals surface area (Å²) in [6.07, 6.45) is -1.96. The number of ether oxygens (including phenoxy) is 3. The standard InChI is InChI=1S/C30H37NO5/c1-22(32)17-27(33)28-30(36-20-25-15-9-4-10-16-25)29(35-19-24-13-7-3-8-14-24)26(31-28)21-34-18-23-11-5-2-6-12-23/h2-16,22,26-33H,17-21H2,1H3/t22-,26-,27-,28-,29-,30+/m1/s1. The molecule has 0 spiro atoms. The molecule has 1 fully saturated rings. The predicted octanol–water partition coefficient (Wildman–Crippen LogP) is 3.85. The maximum absolute atomic E-state index is 11.0. The lowest BCUT2D eigenvalue weighted by atomic mass is 9.99. The van der Waals surface area contributed by atoms with Crippen molar-refractivity contribution in [3.05, 3.63) is 108 Å². The zero-order valence-corrected chi connectivity index (χ0v) is 20.8. The van der Waals surface area contributed by atoms with Gasteiger partial charge in [-0.3, -0.25) is 0 Å². The highest BCUT2D eigenvalue weighted by atomic mass is 16.5. The van der Waals surface area contributed by atoms with Crippen LogP contribution in [-0.4, -0.2) is 53.3 Å². The van der Waals surface area contributed by atoms with Crippen LogP contribution < -0.4 is 5.32 Å². The quantitative estimate of drug-likeness (QED) is 0.337. The minimum absolute atomic E-state index is 0.188. The number of aliphatic hydroxyl groups excluding tert-OH is 2. The molecule has 0 aliphatic carbocycles. The summed E-state index contributed by atoms with van der Waals surface area (Å²) in [4.78, 5) is 0. The second-order valence-electron chi connectivity index (χ2n) is 9.47. The van der Waals surface area contributed by atoms with Gasteiger partial charge >= 0.3 is 0 Å². The summed E-state index contributed by atoms with van der Waals surface area (Å²) in [7, 11) is 0. The van der Waals surface area contributed by atoms with Gasteiger partial charge in [-0.1, -0.05) is 91.0 Å². The van der Waals surface area contributed by atoms with Crippen molar-refractivity contribution in [2.75, 3.05) is 6.61 Å². The molecule has 0 saturated carbocycles. The van der Waals surface area contributed by atoms with Gasteiger partial charge in [0.2, 0.25) is 0 Å². The van der Waals surface area contributed by atoms with Crippen LogP contribution in [0.4, 0.5) is 0 Å². The highest BCUT2D eigenvalue weighted by Gasteiger charge is 2.47. The first-order valence-electron chi connectivity index (χ1n) is 12.6. The molecule has 1 aliphatic rings. The zero-order valence-electron chi connectivity index (χ0n) is 20.8. The molecule has 6 atom stereocenters. The van der Waals surface area contributed by atoms with Crippen molar-refractivity contribution in [3.8, 4) is 0 Å². The Kier molecular flexibility index (Phi) is 10.0. The molecule has 0 aromatic heterocycles. The van der Waals surface area contributed by atoms with Gasteiger partial charge in [0.25, 0.3) is 0 Å². The molecule has 6 heteroatoms. The van der Waals surface area contributed by atoms with E-state index in [-0.39, 0.29) is 18.6 Å². The molecule has 0 unspecified atom stereocenters. The lowest BCUT2D eigenvalue weighted by Gasteiger charge is -2.29. The molecule has 192 valence electrons. The van der Waals surface area contributed by atoms with E-state index >= 15 is 0 Å². The normalized spacial score (nSPS) is 23.4. The van der Waals surface area contributed by atoms with Gasteiger partial charge in [-0.15, -0.1) is 0 Å². The van der Waals surface area contributed by atoms with Crippen molar-refractivity contribution in [1.29, 1.82) is 0 Å². The molecular weight excluding hydrogens is 454 g/mol. The van der Waals surface area contributed by atoms with Gasteiger partial charge < -0.3 is 29.7 Å². The molecule has 0 bridgehead atoms. The smallest absolute Gasteiger partial charge is 0.103 e. The first-order valence-corrected chi connectivity index (χ1v) is 12.6. The molecule has 3 aromatic rings. The summed E-state index contributed by atoms with van der Waals surface area (Å²) >= 11 is 0. The number of nitrogens with one attached hydrogen (secondary N) is 1. The molecule has 1 aliphatic heterocycles. The van der Waals surface area contributed by atoms with Gasteiger partial charge in [-0.25, -0.2) is 0 Å². The van der Waals surface area contributed by atoms with E-state index in [4.69, 9.17) is 14.2 Å². The van der Waals surface area contributed by atoms with Gasteiger partial charge in [-0.05, 0) is 23.6 Å². The fourth-order valence-corrected chi connectivity index (χ4v) is 4.66. The first kappa shape index (κ1) is 26.5. The van der Waals surface area contributed by atoms with Crippen LogP contribution in [0.25, 0.3) is 0 Å².